The monoisotopic (exact) mass is 396 g/mol. The lowest BCUT2D eigenvalue weighted by Crippen LogP contribution is -2.33. The Hall–Kier alpha value is -3.15. The van der Waals surface area contributed by atoms with Gasteiger partial charge in [-0.15, -0.1) is 0 Å². The summed E-state index contributed by atoms with van der Waals surface area (Å²) in [6, 6.07) is 15.9. The molecule has 2 aromatic carbocycles. The molecule has 0 saturated heterocycles. The highest BCUT2D eigenvalue weighted by Crippen LogP contribution is 2.20. The molecule has 0 heterocycles. The fourth-order valence-electron chi connectivity index (χ4n) is 2.53. The SMILES string of the molecule is CC(c1ccccc1)N(C)C(=O)COC(=O)c1cccc(NC(=O)C(C)(C)C)c1. The summed E-state index contributed by atoms with van der Waals surface area (Å²) in [5.74, 6) is -1.08. The number of carbonyl (C=O) groups is 3. The van der Waals surface area contributed by atoms with E-state index in [0.717, 1.165) is 5.56 Å². The van der Waals surface area contributed by atoms with E-state index in [2.05, 4.69) is 5.32 Å². The maximum absolute atomic E-state index is 12.4. The highest BCUT2D eigenvalue weighted by Gasteiger charge is 2.22. The molecule has 0 aliphatic carbocycles. The average Bonchev–Trinajstić information content (AvgIpc) is 2.70. The van der Waals surface area contributed by atoms with Gasteiger partial charge in [-0.2, -0.15) is 0 Å². The van der Waals surface area contributed by atoms with Crippen molar-refractivity contribution < 1.29 is 19.1 Å². The number of hydrogen-bond donors (Lipinski definition) is 1. The standard InChI is InChI=1S/C23H28N2O4/c1-16(17-10-7-6-8-11-17)25(5)20(26)15-29-21(27)18-12-9-13-19(14-18)24-22(28)23(2,3)4/h6-14,16H,15H2,1-5H3,(H,24,28). The van der Waals surface area contributed by atoms with Gasteiger partial charge in [0, 0.05) is 18.2 Å². The van der Waals surface area contributed by atoms with E-state index in [1.807, 2.05) is 37.3 Å². The predicted molar refractivity (Wildman–Crippen MR) is 112 cm³/mol. The Morgan fingerprint density at radius 1 is 1.03 bits per heavy atom. The second kappa shape index (κ2) is 9.37. The summed E-state index contributed by atoms with van der Waals surface area (Å²) in [5, 5.41) is 2.77. The Morgan fingerprint density at radius 3 is 2.31 bits per heavy atom. The number of carbonyl (C=O) groups excluding carboxylic acids is 3. The summed E-state index contributed by atoms with van der Waals surface area (Å²) in [5.41, 5.74) is 1.21. The first-order valence-corrected chi connectivity index (χ1v) is 9.49. The quantitative estimate of drug-likeness (QED) is 0.748. The van der Waals surface area contributed by atoms with E-state index < -0.39 is 11.4 Å². The molecule has 1 N–H and O–H groups in total. The Morgan fingerprint density at radius 2 is 1.69 bits per heavy atom. The maximum Gasteiger partial charge on any atom is 0.338 e. The number of nitrogens with one attached hydrogen (secondary N) is 1. The van der Waals surface area contributed by atoms with Gasteiger partial charge in [-0.1, -0.05) is 57.2 Å². The van der Waals surface area contributed by atoms with Crippen LogP contribution in [-0.4, -0.2) is 36.3 Å². The zero-order chi connectivity index (χ0) is 21.6. The van der Waals surface area contributed by atoms with E-state index in [4.69, 9.17) is 4.74 Å². The van der Waals surface area contributed by atoms with Crippen molar-refractivity contribution in [1.82, 2.24) is 4.90 Å². The largest absolute Gasteiger partial charge is 0.452 e. The number of amides is 2. The van der Waals surface area contributed by atoms with Crippen LogP contribution in [0.4, 0.5) is 5.69 Å². The van der Waals surface area contributed by atoms with Crippen molar-refractivity contribution in [3.63, 3.8) is 0 Å². The number of rotatable bonds is 6. The molecule has 2 rings (SSSR count). The molecule has 2 aromatic rings. The summed E-state index contributed by atoms with van der Waals surface area (Å²) in [6.45, 7) is 6.97. The molecule has 1 unspecified atom stereocenters. The van der Waals surface area contributed by atoms with Crippen LogP contribution in [0, 0.1) is 5.41 Å². The first-order valence-electron chi connectivity index (χ1n) is 9.49. The number of esters is 1. The van der Waals surface area contributed by atoms with Gasteiger partial charge in [-0.3, -0.25) is 9.59 Å². The van der Waals surface area contributed by atoms with Crippen LogP contribution in [0.2, 0.25) is 0 Å². The molecule has 0 aliphatic rings. The van der Waals surface area contributed by atoms with E-state index in [9.17, 15) is 14.4 Å². The molecule has 0 aliphatic heterocycles. The van der Waals surface area contributed by atoms with Crippen LogP contribution >= 0.6 is 0 Å². The zero-order valence-corrected chi connectivity index (χ0v) is 17.6. The molecule has 0 bridgehead atoms. The molecule has 6 heteroatoms. The van der Waals surface area contributed by atoms with E-state index >= 15 is 0 Å². The first-order chi connectivity index (χ1) is 13.6. The Balaban J connectivity index is 1.96. The number of ether oxygens (including phenoxy) is 1. The summed E-state index contributed by atoms with van der Waals surface area (Å²) in [7, 11) is 1.68. The minimum Gasteiger partial charge on any atom is -0.452 e. The minimum atomic E-state index is -0.619. The molecule has 0 spiro atoms. The van der Waals surface area contributed by atoms with E-state index in [1.165, 1.54) is 6.07 Å². The fraction of sp³-hybridized carbons (Fsp3) is 0.348. The summed E-state index contributed by atoms with van der Waals surface area (Å²) >= 11 is 0. The van der Waals surface area contributed by atoms with Crippen molar-refractivity contribution in [3.05, 3.63) is 65.7 Å². The molecular formula is C23H28N2O4. The van der Waals surface area contributed by atoms with Crippen molar-refractivity contribution in [1.29, 1.82) is 0 Å². The first kappa shape index (κ1) is 22.1. The molecule has 0 fully saturated rings. The maximum atomic E-state index is 12.4. The van der Waals surface area contributed by atoms with Gasteiger partial charge in [-0.05, 0) is 30.7 Å². The van der Waals surface area contributed by atoms with E-state index in [1.54, 1.807) is 50.9 Å². The third kappa shape index (κ3) is 6.17. The Bertz CT molecular complexity index is 872. The van der Waals surface area contributed by atoms with Crippen LogP contribution in [0.5, 0.6) is 0 Å². The molecule has 1 atom stereocenters. The molecule has 0 aromatic heterocycles. The third-order valence-corrected chi connectivity index (χ3v) is 4.62. The van der Waals surface area contributed by atoms with Crippen molar-refractivity contribution in [2.75, 3.05) is 19.0 Å². The predicted octanol–water partition coefficient (Wildman–Crippen LogP) is 4.05. The van der Waals surface area contributed by atoms with Crippen LogP contribution in [0.1, 0.15) is 49.7 Å². The lowest BCUT2D eigenvalue weighted by molar-refractivity contribution is -0.135. The number of likely N-dealkylation sites (N-methyl/N-ethyl adjacent to an activating group) is 1. The summed E-state index contributed by atoms with van der Waals surface area (Å²) in [6.07, 6.45) is 0. The zero-order valence-electron chi connectivity index (χ0n) is 17.6. The third-order valence-electron chi connectivity index (χ3n) is 4.62. The average molecular weight is 396 g/mol. The summed E-state index contributed by atoms with van der Waals surface area (Å²) in [4.78, 5) is 38.4. The highest BCUT2D eigenvalue weighted by molar-refractivity contribution is 5.97. The molecular weight excluding hydrogens is 368 g/mol. The van der Waals surface area contributed by atoms with Crippen molar-refractivity contribution >= 4 is 23.5 Å². The minimum absolute atomic E-state index is 0.140. The van der Waals surface area contributed by atoms with Crippen molar-refractivity contribution in [2.24, 2.45) is 5.41 Å². The van der Waals surface area contributed by atoms with Gasteiger partial charge in [0.1, 0.15) is 0 Å². The number of anilines is 1. The van der Waals surface area contributed by atoms with Crippen LogP contribution < -0.4 is 5.32 Å². The molecule has 6 nitrogen and oxygen atoms in total. The van der Waals surface area contributed by atoms with Crippen LogP contribution in [0.25, 0.3) is 0 Å². The normalized spacial score (nSPS) is 12.0. The van der Waals surface area contributed by atoms with Gasteiger partial charge >= 0.3 is 5.97 Å². The van der Waals surface area contributed by atoms with Gasteiger partial charge in [0.2, 0.25) is 5.91 Å². The second-order valence-corrected chi connectivity index (χ2v) is 7.95. The molecule has 0 saturated carbocycles. The van der Waals surface area contributed by atoms with Gasteiger partial charge in [0.15, 0.2) is 6.61 Å². The molecule has 154 valence electrons. The molecule has 0 radical (unpaired) electrons. The van der Waals surface area contributed by atoms with Crippen LogP contribution in [0.15, 0.2) is 54.6 Å². The molecule has 2 amide bonds. The van der Waals surface area contributed by atoms with Crippen LogP contribution in [0.3, 0.4) is 0 Å². The van der Waals surface area contributed by atoms with Gasteiger partial charge < -0.3 is 15.0 Å². The van der Waals surface area contributed by atoms with Crippen molar-refractivity contribution in [2.45, 2.75) is 33.7 Å². The van der Waals surface area contributed by atoms with Gasteiger partial charge in [0.25, 0.3) is 5.91 Å². The van der Waals surface area contributed by atoms with Crippen molar-refractivity contribution in [3.8, 4) is 0 Å². The lowest BCUT2D eigenvalue weighted by Gasteiger charge is -2.25. The van der Waals surface area contributed by atoms with Crippen LogP contribution in [-0.2, 0) is 14.3 Å². The Kier molecular flexibility index (Phi) is 7.15. The lowest BCUT2D eigenvalue weighted by atomic mass is 9.95. The number of nitrogens with zero attached hydrogens (tertiary/aromatic N) is 1. The Labute approximate surface area is 171 Å². The summed E-state index contributed by atoms with van der Waals surface area (Å²) < 4.78 is 5.18. The van der Waals surface area contributed by atoms with Gasteiger partial charge in [-0.25, -0.2) is 4.79 Å². The topological polar surface area (TPSA) is 75.7 Å². The van der Waals surface area contributed by atoms with Gasteiger partial charge in [0.05, 0.1) is 11.6 Å². The molecule has 29 heavy (non-hydrogen) atoms. The van der Waals surface area contributed by atoms with E-state index in [-0.39, 0.29) is 30.0 Å². The number of hydrogen-bond acceptors (Lipinski definition) is 4. The fourth-order valence-corrected chi connectivity index (χ4v) is 2.53. The highest BCUT2D eigenvalue weighted by atomic mass is 16.5. The van der Waals surface area contributed by atoms with E-state index in [0.29, 0.717) is 5.69 Å². The second-order valence-electron chi connectivity index (χ2n) is 7.95. The number of benzene rings is 2. The smallest absolute Gasteiger partial charge is 0.338 e.